The minimum Gasteiger partial charge on any atom is -0.506 e. The molecule has 0 saturated heterocycles. The fourth-order valence-electron chi connectivity index (χ4n) is 2.55. The Morgan fingerprint density at radius 2 is 1.88 bits per heavy atom. The van der Waals surface area contributed by atoms with Crippen molar-refractivity contribution in [1.29, 1.82) is 0 Å². The van der Waals surface area contributed by atoms with Crippen molar-refractivity contribution >= 4 is 77.3 Å². The van der Waals surface area contributed by atoms with E-state index in [9.17, 15) is 9.90 Å². The van der Waals surface area contributed by atoms with Crippen molar-refractivity contribution in [1.82, 2.24) is 5.43 Å². The lowest BCUT2D eigenvalue weighted by Gasteiger charge is -2.07. The zero-order valence-corrected chi connectivity index (χ0v) is 18.7. The molecule has 1 amide bonds. The zero-order valence-electron chi connectivity index (χ0n) is 13.3. The third-order valence-corrected chi connectivity index (χ3v) is 5.73. The molecular formula is C19H13Br2IN2O2. The standard InChI is InChI=1S/C19H13Br2IN2O2/c20-13-7-12(19(26)17(22)9-13)10-23-24-18(25)8-11-5-6-16(21)15-4-2-1-3-14(11)15/h1-7,9-10,26H,8H2,(H,24,25). The van der Waals surface area contributed by atoms with Crippen LogP contribution in [0, 0.1) is 3.57 Å². The summed E-state index contributed by atoms with van der Waals surface area (Å²) in [6.07, 6.45) is 1.65. The molecule has 0 atom stereocenters. The van der Waals surface area contributed by atoms with Crippen LogP contribution in [-0.2, 0) is 11.2 Å². The van der Waals surface area contributed by atoms with Gasteiger partial charge in [-0.2, -0.15) is 5.10 Å². The number of nitrogens with zero attached hydrogens (tertiary/aromatic N) is 1. The monoisotopic (exact) mass is 586 g/mol. The van der Waals surface area contributed by atoms with Gasteiger partial charge in [-0.15, -0.1) is 0 Å². The molecule has 3 rings (SSSR count). The van der Waals surface area contributed by atoms with Gasteiger partial charge < -0.3 is 5.11 Å². The highest BCUT2D eigenvalue weighted by Gasteiger charge is 2.09. The first-order valence-electron chi connectivity index (χ1n) is 7.61. The first-order valence-corrected chi connectivity index (χ1v) is 10.3. The summed E-state index contributed by atoms with van der Waals surface area (Å²) < 4.78 is 2.52. The van der Waals surface area contributed by atoms with E-state index in [-0.39, 0.29) is 18.1 Å². The maximum Gasteiger partial charge on any atom is 0.244 e. The summed E-state index contributed by atoms with van der Waals surface area (Å²) in [6, 6.07) is 15.3. The number of hydrogen-bond donors (Lipinski definition) is 2. The number of nitrogens with one attached hydrogen (secondary N) is 1. The predicted octanol–water partition coefficient (Wildman–Crippen LogP) is 5.37. The van der Waals surface area contributed by atoms with E-state index in [0.717, 1.165) is 25.3 Å². The molecule has 2 N–H and O–H groups in total. The van der Waals surface area contributed by atoms with Crippen LogP contribution in [0.15, 0.2) is 62.6 Å². The van der Waals surface area contributed by atoms with E-state index in [0.29, 0.717) is 9.13 Å². The van der Waals surface area contributed by atoms with E-state index < -0.39 is 0 Å². The fraction of sp³-hybridized carbons (Fsp3) is 0.0526. The van der Waals surface area contributed by atoms with E-state index in [2.05, 4.69) is 42.4 Å². The first-order chi connectivity index (χ1) is 12.5. The summed E-state index contributed by atoms with van der Waals surface area (Å²) in [5, 5.41) is 16.1. The molecule has 0 aliphatic carbocycles. The average molecular weight is 588 g/mol. The Bertz CT molecular complexity index is 1020. The summed E-state index contributed by atoms with van der Waals surface area (Å²) in [5.41, 5.74) is 3.97. The Morgan fingerprint density at radius 1 is 1.15 bits per heavy atom. The maximum atomic E-state index is 12.2. The second-order valence-electron chi connectivity index (χ2n) is 5.55. The molecule has 0 fully saturated rings. The zero-order chi connectivity index (χ0) is 18.7. The van der Waals surface area contributed by atoms with E-state index in [4.69, 9.17) is 0 Å². The summed E-state index contributed by atoms with van der Waals surface area (Å²) in [7, 11) is 0. The highest BCUT2D eigenvalue weighted by atomic mass is 127. The van der Waals surface area contributed by atoms with Gasteiger partial charge in [-0.05, 0) is 57.1 Å². The smallest absolute Gasteiger partial charge is 0.244 e. The number of aromatic hydroxyl groups is 1. The van der Waals surface area contributed by atoms with Gasteiger partial charge in [0.2, 0.25) is 5.91 Å². The van der Waals surface area contributed by atoms with Crippen molar-refractivity contribution in [3.05, 3.63) is 72.2 Å². The van der Waals surface area contributed by atoms with Crippen LogP contribution in [0.1, 0.15) is 11.1 Å². The van der Waals surface area contributed by atoms with E-state index >= 15 is 0 Å². The molecule has 0 bridgehead atoms. The second-order valence-corrected chi connectivity index (χ2v) is 8.48. The molecule has 3 aromatic rings. The van der Waals surface area contributed by atoms with Gasteiger partial charge in [-0.1, -0.05) is 62.2 Å². The molecule has 26 heavy (non-hydrogen) atoms. The van der Waals surface area contributed by atoms with Gasteiger partial charge in [-0.25, -0.2) is 5.43 Å². The Morgan fingerprint density at radius 3 is 2.65 bits per heavy atom. The van der Waals surface area contributed by atoms with E-state index in [1.807, 2.05) is 59.0 Å². The van der Waals surface area contributed by atoms with Crippen LogP contribution < -0.4 is 5.43 Å². The highest BCUT2D eigenvalue weighted by Crippen LogP contribution is 2.28. The minimum atomic E-state index is -0.224. The third-order valence-electron chi connectivity index (χ3n) is 3.76. The lowest BCUT2D eigenvalue weighted by atomic mass is 10.0. The largest absolute Gasteiger partial charge is 0.506 e. The number of hydrazone groups is 1. The molecule has 0 saturated carbocycles. The lowest BCUT2D eigenvalue weighted by Crippen LogP contribution is -2.20. The van der Waals surface area contributed by atoms with Gasteiger partial charge in [0, 0.05) is 14.5 Å². The molecule has 132 valence electrons. The average Bonchev–Trinajstić information content (AvgIpc) is 2.62. The predicted molar refractivity (Wildman–Crippen MR) is 120 cm³/mol. The number of hydrogen-bond acceptors (Lipinski definition) is 3. The van der Waals surface area contributed by atoms with Gasteiger partial charge in [0.15, 0.2) is 0 Å². The van der Waals surface area contributed by atoms with Gasteiger partial charge in [0.05, 0.1) is 16.2 Å². The summed E-state index contributed by atoms with van der Waals surface area (Å²) >= 11 is 8.94. The number of phenols is 1. The van der Waals surface area contributed by atoms with Gasteiger partial charge in [0.25, 0.3) is 0 Å². The van der Waals surface area contributed by atoms with Crippen molar-refractivity contribution in [3.8, 4) is 5.75 Å². The SMILES string of the molecule is O=C(Cc1ccc(Br)c2ccccc12)NN=Cc1cc(Br)cc(I)c1O. The van der Waals surface area contributed by atoms with Gasteiger partial charge in [-0.3, -0.25) is 4.79 Å². The highest BCUT2D eigenvalue weighted by molar-refractivity contribution is 14.1. The third kappa shape index (κ3) is 4.44. The Kier molecular flexibility index (Phi) is 6.31. The summed E-state index contributed by atoms with van der Waals surface area (Å²) in [6.45, 7) is 0. The number of amides is 1. The van der Waals surface area contributed by atoms with Crippen LogP contribution in [0.5, 0.6) is 5.75 Å². The molecule has 0 spiro atoms. The van der Waals surface area contributed by atoms with E-state index in [1.165, 1.54) is 6.21 Å². The van der Waals surface area contributed by atoms with Gasteiger partial charge >= 0.3 is 0 Å². The maximum absolute atomic E-state index is 12.2. The topological polar surface area (TPSA) is 61.7 Å². The summed E-state index contributed by atoms with van der Waals surface area (Å²) in [4.78, 5) is 12.2. The van der Waals surface area contributed by atoms with Gasteiger partial charge in [0.1, 0.15) is 5.75 Å². The molecular weight excluding hydrogens is 575 g/mol. The number of halogens is 3. The number of phenolic OH excluding ortho intramolecular Hbond substituents is 1. The van der Waals surface area contributed by atoms with Crippen LogP contribution in [0.3, 0.4) is 0 Å². The molecule has 0 radical (unpaired) electrons. The molecule has 4 nitrogen and oxygen atoms in total. The van der Waals surface area contributed by atoms with Crippen molar-refractivity contribution in [2.24, 2.45) is 5.10 Å². The molecule has 0 aliphatic heterocycles. The number of rotatable bonds is 4. The van der Waals surface area contributed by atoms with E-state index in [1.54, 1.807) is 12.1 Å². The first kappa shape index (κ1) is 19.3. The van der Waals surface area contributed by atoms with Crippen LogP contribution >= 0.6 is 54.5 Å². The van der Waals surface area contributed by atoms with Crippen molar-refractivity contribution in [2.45, 2.75) is 6.42 Å². The normalized spacial score (nSPS) is 11.2. The molecule has 0 unspecified atom stereocenters. The Hall–Kier alpha value is -1.45. The van der Waals surface area contributed by atoms with Crippen molar-refractivity contribution < 1.29 is 9.90 Å². The van der Waals surface area contributed by atoms with Crippen LogP contribution in [0.25, 0.3) is 10.8 Å². The fourth-order valence-corrected chi connectivity index (χ4v) is 4.58. The van der Waals surface area contributed by atoms with Crippen molar-refractivity contribution in [3.63, 3.8) is 0 Å². The molecule has 0 aromatic heterocycles. The Labute approximate surface area is 181 Å². The van der Waals surface area contributed by atoms with Crippen LogP contribution in [-0.4, -0.2) is 17.2 Å². The molecule has 0 heterocycles. The lowest BCUT2D eigenvalue weighted by molar-refractivity contribution is -0.120. The molecule has 7 heteroatoms. The van der Waals surface area contributed by atoms with Crippen LogP contribution in [0.4, 0.5) is 0 Å². The number of fused-ring (bicyclic) bond motifs is 1. The number of benzene rings is 3. The molecule has 3 aromatic carbocycles. The number of carbonyl (C=O) groups is 1. The van der Waals surface area contributed by atoms with Crippen molar-refractivity contribution in [2.75, 3.05) is 0 Å². The quantitative estimate of drug-likeness (QED) is 0.245. The summed E-state index contributed by atoms with van der Waals surface area (Å²) in [5.74, 6) is -0.0939. The number of carbonyl (C=O) groups excluding carboxylic acids is 1. The molecule has 0 aliphatic rings. The minimum absolute atomic E-state index is 0.130. The second kappa shape index (κ2) is 8.49. The van der Waals surface area contributed by atoms with Crippen LogP contribution in [0.2, 0.25) is 0 Å². The Balaban J connectivity index is 1.74.